The zero-order chi connectivity index (χ0) is 10.7. The van der Waals surface area contributed by atoms with Crippen LogP contribution < -0.4 is 4.74 Å². The quantitative estimate of drug-likeness (QED) is 0.763. The lowest BCUT2D eigenvalue weighted by Crippen LogP contribution is -1.95. The molecule has 78 valence electrons. The third-order valence-corrected chi connectivity index (χ3v) is 2.29. The second-order valence-corrected chi connectivity index (χ2v) is 3.49. The molecule has 0 N–H and O–H groups in total. The Morgan fingerprint density at radius 2 is 2.00 bits per heavy atom. The third-order valence-electron chi connectivity index (χ3n) is 2.29. The Kier molecular flexibility index (Phi) is 2.72. The SMILES string of the molecule is Cc1nc(COc2ccccc2)cn1C. The van der Waals surface area contributed by atoms with E-state index in [1.165, 1.54) is 0 Å². The lowest BCUT2D eigenvalue weighted by molar-refractivity contribution is 0.301. The fraction of sp³-hybridized carbons (Fsp3) is 0.250. The Morgan fingerprint density at radius 3 is 2.60 bits per heavy atom. The van der Waals surface area contributed by atoms with Gasteiger partial charge in [-0.15, -0.1) is 0 Å². The van der Waals surface area contributed by atoms with E-state index < -0.39 is 0 Å². The molecule has 0 saturated carbocycles. The van der Waals surface area contributed by atoms with Gasteiger partial charge >= 0.3 is 0 Å². The first-order chi connectivity index (χ1) is 7.25. The Balaban J connectivity index is 1.99. The summed E-state index contributed by atoms with van der Waals surface area (Å²) in [5.41, 5.74) is 0.957. The second-order valence-electron chi connectivity index (χ2n) is 3.49. The van der Waals surface area contributed by atoms with Gasteiger partial charge in [0.05, 0.1) is 5.69 Å². The van der Waals surface area contributed by atoms with E-state index in [1.54, 1.807) is 0 Å². The molecule has 1 aromatic heterocycles. The molecule has 2 aromatic rings. The predicted molar refractivity (Wildman–Crippen MR) is 58.7 cm³/mol. The maximum Gasteiger partial charge on any atom is 0.132 e. The molecule has 0 bridgehead atoms. The Hall–Kier alpha value is -1.77. The number of benzene rings is 1. The van der Waals surface area contributed by atoms with Gasteiger partial charge in [-0.1, -0.05) is 18.2 Å². The topological polar surface area (TPSA) is 27.1 Å². The van der Waals surface area contributed by atoms with Crippen LogP contribution in [-0.2, 0) is 13.7 Å². The van der Waals surface area contributed by atoms with E-state index in [0.29, 0.717) is 6.61 Å². The number of para-hydroxylation sites is 1. The van der Waals surface area contributed by atoms with Crippen molar-refractivity contribution in [2.45, 2.75) is 13.5 Å². The van der Waals surface area contributed by atoms with Crippen LogP contribution >= 0.6 is 0 Å². The molecule has 0 radical (unpaired) electrons. The molecule has 15 heavy (non-hydrogen) atoms. The monoisotopic (exact) mass is 202 g/mol. The van der Waals surface area contributed by atoms with E-state index in [4.69, 9.17) is 4.74 Å². The van der Waals surface area contributed by atoms with E-state index in [0.717, 1.165) is 17.3 Å². The number of nitrogens with zero attached hydrogens (tertiary/aromatic N) is 2. The average molecular weight is 202 g/mol. The molecule has 3 nitrogen and oxygen atoms in total. The maximum absolute atomic E-state index is 5.58. The van der Waals surface area contributed by atoms with Gasteiger partial charge < -0.3 is 9.30 Å². The molecule has 0 unspecified atom stereocenters. The van der Waals surface area contributed by atoms with Crippen LogP contribution in [-0.4, -0.2) is 9.55 Å². The van der Waals surface area contributed by atoms with Gasteiger partial charge in [-0.05, 0) is 19.1 Å². The minimum absolute atomic E-state index is 0.520. The van der Waals surface area contributed by atoms with Gasteiger partial charge in [0.15, 0.2) is 0 Å². The molecule has 2 rings (SSSR count). The number of ether oxygens (including phenoxy) is 1. The lowest BCUT2D eigenvalue weighted by atomic mass is 10.3. The molecule has 0 spiro atoms. The highest BCUT2D eigenvalue weighted by molar-refractivity contribution is 5.21. The van der Waals surface area contributed by atoms with Crippen LogP contribution in [0.5, 0.6) is 5.75 Å². The van der Waals surface area contributed by atoms with Crippen LogP contribution in [0.25, 0.3) is 0 Å². The number of hydrogen-bond donors (Lipinski definition) is 0. The summed E-state index contributed by atoms with van der Waals surface area (Å²) >= 11 is 0. The summed E-state index contributed by atoms with van der Waals surface area (Å²) in [5.74, 6) is 1.88. The lowest BCUT2D eigenvalue weighted by Gasteiger charge is -2.02. The van der Waals surface area contributed by atoms with Crippen molar-refractivity contribution in [1.82, 2.24) is 9.55 Å². The molecule has 0 saturated heterocycles. The van der Waals surface area contributed by atoms with Crippen LogP contribution in [0, 0.1) is 6.92 Å². The number of aromatic nitrogens is 2. The van der Waals surface area contributed by atoms with Crippen LogP contribution in [0.2, 0.25) is 0 Å². The Labute approximate surface area is 89.3 Å². The summed E-state index contributed by atoms with van der Waals surface area (Å²) in [6.45, 7) is 2.50. The molecule has 3 heteroatoms. The van der Waals surface area contributed by atoms with Crippen LogP contribution in [0.3, 0.4) is 0 Å². The van der Waals surface area contributed by atoms with Crippen LogP contribution in [0.1, 0.15) is 11.5 Å². The molecule has 1 aromatic carbocycles. The van der Waals surface area contributed by atoms with E-state index in [2.05, 4.69) is 4.98 Å². The molecule has 0 aliphatic rings. The van der Waals surface area contributed by atoms with Crippen LogP contribution in [0.4, 0.5) is 0 Å². The van der Waals surface area contributed by atoms with Gasteiger partial charge in [-0.2, -0.15) is 0 Å². The zero-order valence-corrected chi connectivity index (χ0v) is 8.97. The molecule has 0 atom stereocenters. The zero-order valence-electron chi connectivity index (χ0n) is 8.97. The highest BCUT2D eigenvalue weighted by Gasteiger charge is 2.01. The highest BCUT2D eigenvalue weighted by Crippen LogP contribution is 2.11. The van der Waals surface area contributed by atoms with Crippen molar-refractivity contribution in [3.8, 4) is 5.75 Å². The van der Waals surface area contributed by atoms with Gasteiger partial charge in [0.25, 0.3) is 0 Å². The van der Waals surface area contributed by atoms with E-state index in [-0.39, 0.29) is 0 Å². The van der Waals surface area contributed by atoms with E-state index >= 15 is 0 Å². The molecular formula is C12H14N2O. The van der Waals surface area contributed by atoms with Crippen molar-refractivity contribution in [3.63, 3.8) is 0 Å². The Morgan fingerprint density at radius 1 is 1.27 bits per heavy atom. The first kappa shape index (κ1) is 9.77. The number of imidazole rings is 1. The fourth-order valence-corrected chi connectivity index (χ4v) is 1.38. The summed E-state index contributed by atoms with van der Waals surface area (Å²) in [7, 11) is 1.98. The van der Waals surface area contributed by atoms with Crippen LogP contribution in [0.15, 0.2) is 36.5 Å². The summed E-state index contributed by atoms with van der Waals surface area (Å²) in [4.78, 5) is 4.36. The summed E-state index contributed by atoms with van der Waals surface area (Å²) in [6.07, 6.45) is 1.98. The van der Waals surface area contributed by atoms with Gasteiger partial charge in [0.2, 0.25) is 0 Å². The molecule has 0 aliphatic carbocycles. The minimum Gasteiger partial charge on any atom is -0.487 e. The van der Waals surface area contributed by atoms with Crippen molar-refractivity contribution in [3.05, 3.63) is 48.0 Å². The van der Waals surface area contributed by atoms with Crippen molar-refractivity contribution in [2.24, 2.45) is 7.05 Å². The van der Waals surface area contributed by atoms with Crippen molar-refractivity contribution in [1.29, 1.82) is 0 Å². The highest BCUT2D eigenvalue weighted by atomic mass is 16.5. The van der Waals surface area contributed by atoms with Gasteiger partial charge in [-0.25, -0.2) is 4.98 Å². The fourth-order valence-electron chi connectivity index (χ4n) is 1.38. The summed E-state index contributed by atoms with van der Waals surface area (Å²) < 4.78 is 7.57. The summed E-state index contributed by atoms with van der Waals surface area (Å²) in [6, 6.07) is 9.77. The first-order valence-electron chi connectivity index (χ1n) is 4.92. The number of aryl methyl sites for hydroxylation is 2. The van der Waals surface area contributed by atoms with Crippen molar-refractivity contribution >= 4 is 0 Å². The van der Waals surface area contributed by atoms with E-state index in [1.807, 2.05) is 55.1 Å². The molecule has 1 heterocycles. The van der Waals surface area contributed by atoms with Gasteiger partial charge in [0.1, 0.15) is 18.2 Å². The maximum atomic E-state index is 5.58. The summed E-state index contributed by atoms with van der Waals surface area (Å²) in [5, 5.41) is 0. The third kappa shape index (κ3) is 2.37. The minimum atomic E-state index is 0.520. The largest absolute Gasteiger partial charge is 0.487 e. The van der Waals surface area contributed by atoms with Gasteiger partial charge in [0, 0.05) is 13.2 Å². The van der Waals surface area contributed by atoms with E-state index in [9.17, 15) is 0 Å². The first-order valence-corrected chi connectivity index (χ1v) is 4.92. The predicted octanol–water partition coefficient (Wildman–Crippen LogP) is 2.31. The Bertz CT molecular complexity index is 415. The van der Waals surface area contributed by atoms with Crippen molar-refractivity contribution in [2.75, 3.05) is 0 Å². The molecule has 0 fully saturated rings. The molecule has 0 amide bonds. The smallest absolute Gasteiger partial charge is 0.132 e. The second kappa shape index (κ2) is 4.17. The average Bonchev–Trinajstić information content (AvgIpc) is 2.57. The van der Waals surface area contributed by atoms with Gasteiger partial charge in [-0.3, -0.25) is 0 Å². The molecule has 0 aliphatic heterocycles. The number of hydrogen-bond acceptors (Lipinski definition) is 2. The normalized spacial score (nSPS) is 10.3. The standard InChI is InChI=1S/C12H14N2O/c1-10-13-11(8-14(10)2)9-15-12-6-4-3-5-7-12/h3-8H,9H2,1-2H3. The molecular weight excluding hydrogens is 188 g/mol. The number of rotatable bonds is 3. The van der Waals surface area contributed by atoms with Crippen molar-refractivity contribution < 1.29 is 4.74 Å².